The molecule has 0 aliphatic heterocycles. The fourth-order valence-electron chi connectivity index (χ4n) is 3.42. The molecule has 0 saturated heterocycles. The average molecular weight is 369 g/mol. The summed E-state index contributed by atoms with van der Waals surface area (Å²) in [6.07, 6.45) is 11.3. The summed E-state index contributed by atoms with van der Waals surface area (Å²) in [6.45, 7) is 4.67. The first kappa shape index (κ1) is 17.2. The highest BCUT2D eigenvalue weighted by Gasteiger charge is 2.32. The van der Waals surface area contributed by atoms with E-state index in [2.05, 4.69) is 45.2 Å². The largest absolute Gasteiger partial charge is 0.265 e. The average Bonchev–Trinajstić information content (AvgIpc) is 2.75. The molecule has 0 aromatic carbocycles. The van der Waals surface area contributed by atoms with Crippen molar-refractivity contribution in [1.29, 1.82) is 0 Å². The third-order valence-electron chi connectivity index (χ3n) is 4.87. The molecule has 4 nitrogen and oxygen atoms in total. The summed E-state index contributed by atoms with van der Waals surface area (Å²) in [4.78, 5) is 18.0. The molecule has 4 heterocycles. The first-order valence-electron chi connectivity index (χ1n) is 8.90. The van der Waals surface area contributed by atoms with E-state index in [1.165, 1.54) is 10.4 Å². The summed E-state index contributed by atoms with van der Waals surface area (Å²) >= 11 is 0. The maximum atomic E-state index is 4.56. The van der Waals surface area contributed by atoms with Crippen LogP contribution in [0.4, 0.5) is 0 Å². The Kier molecular flexibility index (Phi) is 4.60. The fourth-order valence-corrected chi connectivity index (χ4v) is 6.28. The van der Waals surface area contributed by atoms with Crippen LogP contribution < -0.4 is 10.4 Å². The first-order chi connectivity index (χ1) is 13.2. The van der Waals surface area contributed by atoms with Gasteiger partial charge in [0.05, 0.1) is 11.4 Å². The minimum atomic E-state index is -2.12. The Morgan fingerprint density at radius 3 is 1.48 bits per heavy atom. The van der Waals surface area contributed by atoms with E-state index in [1.54, 1.807) is 0 Å². The van der Waals surface area contributed by atoms with E-state index >= 15 is 0 Å². The van der Waals surface area contributed by atoms with E-state index in [4.69, 9.17) is 0 Å². The van der Waals surface area contributed by atoms with Crippen molar-refractivity contribution in [2.24, 2.45) is 0 Å². The lowest BCUT2D eigenvalue weighted by atomic mass is 10.2. The highest BCUT2D eigenvalue weighted by molar-refractivity contribution is 7.01. The van der Waals surface area contributed by atoms with Crippen molar-refractivity contribution >= 4 is 18.4 Å². The highest BCUT2D eigenvalue weighted by atomic mass is 28.3. The first-order valence-corrected chi connectivity index (χ1v) is 11.9. The topological polar surface area (TPSA) is 51.6 Å². The SMILES string of the molecule is C[Si](C)(c1cnccc1-c1ccccn1)c1cnccc1-c1ccccn1. The van der Waals surface area contributed by atoms with Crippen molar-refractivity contribution in [3.8, 4) is 22.5 Å². The van der Waals surface area contributed by atoms with Crippen molar-refractivity contribution in [1.82, 2.24) is 19.9 Å². The van der Waals surface area contributed by atoms with Gasteiger partial charge in [-0.15, -0.1) is 0 Å². The molecule has 0 radical (unpaired) electrons. The lowest BCUT2D eigenvalue weighted by Gasteiger charge is -2.27. The molecule has 0 atom stereocenters. The van der Waals surface area contributed by atoms with Crippen molar-refractivity contribution in [2.75, 3.05) is 0 Å². The van der Waals surface area contributed by atoms with Crippen LogP contribution in [0.3, 0.4) is 0 Å². The van der Waals surface area contributed by atoms with E-state index < -0.39 is 8.07 Å². The summed E-state index contributed by atoms with van der Waals surface area (Å²) in [5, 5.41) is 2.49. The second-order valence-corrected chi connectivity index (χ2v) is 11.2. The number of rotatable bonds is 4. The normalized spacial score (nSPS) is 11.3. The van der Waals surface area contributed by atoms with E-state index in [0.29, 0.717) is 0 Å². The quantitative estimate of drug-likeness (QED) is 0.518. The Hall–Kier alpha value is -3.18. The molecule has 0 aliphatic carbocycles. The molecular weight excluding hydrogens is 348 g/mol. The van der Waals surface area contributed by atoms with Gasteiger partial charge in [-0.2, -0.15) is 0 Å². The third kappa shape index (κ3) is 3.29. The molecular formula is C22H20N4Si. The summed E-state index contributed by atoms with van der Waals surface area (Å²) in [5.41, 5.74) is 4.22. The summed E-state index contributed by atoms with van der Waals surface area (Å²) in [6, 6.07) is 16.1. The van der Waals surface area contributed by atoms with Crippen molar-refractivity contribution in [3.05, 3.63) is 85.7 Å². The van der Waals surface area contributed by atoms with Gasteiger partial charge in [-0.05, 0) is 46.8 Å². The van der Waals surface area contributed by atoms with Gasteiger partial charge in [0.25, 0.3) is 0 Å². The monoisotopic (exact) mass is 368 g/mol. The van der Waals surface area contributed by atoms with Gasteiger partial charge in [0, 0.05) is 48.3 Å². The van der Waals surface area contributed by atoms with E-state index in [1.807, 2.05) is 73.6 Å². The molecule has 0 bridgehead atoms. The maximum absolute atomic E-state index is 4.56. The van der Waals surface area contributed by atoms with Crippen molar-refractivity contribution < 1.29 is 0 Å². The Bertz CT molecular complexity index is 965. The number of pyridine rings is 4. The van der Waals surface area contributed by atoms with Gasteiger partial charge in [-0.25, -0.2) is 0 Å². The Balaban J connectivity index is 1.90. The van der Waals surface area contributed by atoms with E-state index in [0.717, 1.165) is 22.5 Å². The predicted octanol–water partition coefficient (Wildman–Crippen LogP) is 3.42. The van der Waals surface area contributed by atoms with Crippen molar-refractivity contribution in [3.63, 3.8) is 0 Å². The Morgan fingerprint density at radius 1 is 0.593 bits per heavy atom. The van der Waals surface area contributed by atoms with Gasteiger partial charge in [0.2, 0.25) is 0 Å². The summed E-state index contributed by atoms with van der Waals surface area (Å²) in [5.74, 6) is 0. The minimum Gasteiger partial charge on any atom is -0.265 e. The Morgan fingerprint density at radius 2 is 1.07 bits per heavy atom. The molecule has 27 heavy (non-hydrogen) atoms. The smallest absolute Gasteiger partial charge is 0.118 e. The maximum Gasteiger partial charge on any atom is 0.118 e. The number of nitrogens with zero attached hydrogens (tertiary/aromatic N) is 4. The number of hydrogen-bond acceptors (Lipinski definition) is 4. The second-order valence-electron chi connectivity index (χ2n) is 6.90. The molecule has 0 spiro atoms. The summed E-state index contributed by atoms with van der Waals surface area (Å²) < 4.78 is 0. The van der Waals surface area contributed by atoms with Gasteiger partial charge < -0.3 is 0 Å². The molecule has 0 fully saturated rings. The zero-order valence-electron chi connectivity index (χ0n) is 15.4. The number of aromatic nitrogens is 4. The van der Waals surface area contributed by atoms with Crippen LogP contribution in [0.2, 0.25) is 13.1 Å². The zero-order chi connectivity index (χ0) is 18.7. The van der Waals surface area contributed by atoms with Crippen molar-refractivity contribution in [2.45, 2.75) is 13.1 Å². The molecule has 4 rings (SSSR count). The number of hydrogen-bond donors (Lipinski definition) is 0. The lowest BCUT2D eigenvalue weighted by Crippen LogP contribution is -2.54. The van der Waals surface area contributed by atoms with Gasteiger partial charge in [-0.1, -0.05) is 25.2 Å². The van der Waals surface area contributed by atoms with Gasteiger partial charge in [-0.3, -0.25) is 19.9 Å². The van der Waals surface area contributed by atoms with Crippen LogP contribution in [0.15, 0.2) is 85.7 Å². The highest BCUT2D eigenvalue weighted by Crippen LogP contribution is 2.21. The van der Waals surface area contributed by atoms with Crippen LogP contribution in [-0.2, 0) is 0 Å². The van der Waals surface area contributed by atoms with Gasteiger partial charge >= 0.3 is 0 Å². The van der Waals surface area contributed by atoms with Crippen LogP contribution >= 0.6 is 0 Å². The van der Waals surface area contributed by atoms with Crippen LogP contribution in [0.25, 0.3) is 22.5 Å². The second kappa shape index (κ2) is 7.21. The van der Waals surface area contributed by atoms with Crippen LogP contribution in [0.1, 0.15) is 0 Å². The molecule has 0 N–H and O–H groups in total. The lowest BCUT2D eigenvalue weighted by molar-refractivity contribution is 1.29. The van der Waals surface area contributed by atoms with Crippen LogP contribution in [-0.4, -0.2) is 28.0 Å². The van der Waals surface area contributed by atoms with E-state index in [9.17, 15) is 0 Å². The van der Waals surface area contributed by atoms with Gasteiger partial charge in [0.1, 0.15) is 8.07 Å². The minimum absolute atomic E-state index is 0.971. The predicted molar refractivity (Wildman–Crippen MR) is 112 cm³/mol. The molecule has 4 aromatic heterocycles. The third-order valence-corrected chi connectivity index (χ3v) is 8.36. The van der Waals surface area contributed by atoms with Crippen LogP contribution in [0, 0.1) is 0 Å². The summed E-state index contributed by atoms with van der Waals surface area (Å²) in [7, 11) is -2.12. The molecule has 0 aliphatic rings. The molecule has 132 valence electrons. The molecule has 5 heteroatoms. The molecule has 0 unspecified atom stereocenters. The molecule has 4 aromatic rings. The standard InChI is InChI=1S/C22H20N4Si/c1-27(2,21-15-23-13-9-17(21)19-7-3-5-11-25-19)22-16-24-14-10-18(22)20-8-4-6-12-26-20/h3-16H,1-2H3. The fraction of sp³-hybridized carbons (Fsp3) is 0.0909. The molecule has 0 saturated carbocycles. The van der Waals surface area contributed by atoms with E-state index in [-0.39, 0.29) is 0 Å². The zero-order valence-corrected chi connectivity index (χ0v) is 16.4. The van der Waals surface area contributed by atoms with Gasteiger partial charge in [0.15, 0.2) is 0 Å². The Labute approximate surface area is 160 Å². The molecule has 0 amide bonds. The van der Waals surface area contributed by atoms with Crippen LogP contribution in [0.5, 0.6) is 0 Å².